The molecule has 0 aliphatic heterocycles. The van der Waals surface area contributed by atoms with Gasteiger partial charge in [0.15, 0.2) is 24.0 Å². The molecule has 0 N–H and O–H groups in total. The van der Waals surface area contributed by atoms with Crippen molar-refractivity contribution in [3.8, 4) is 16.9 Å². The Balaban J connectivity index is 1.96. The van der Waals surface area contributed by atoms with Gasteiger partial charge in [-0.05, 0) is 40.6 Å². The molecule has 0 radical (unpaired) electrons. The number of fused-ring (bicyclic) bond motifs is 1. The van der Waals surface area contributed by atoms with E-state index >= 15 is 0 Å². The van der Waals surface area contributed by atoms with Crippen LogP contribution >= 0.6 is 0 Å². The predicted molar refractivity (Wildman–Crippen MR) is 94.8 cm³/mol. The van der Waals surface area contributed by atoms with Crippen molar-refractivity contribution >= 4 is 10.8 Å². The first-order chi connectivity index (χ1) is 12.8. The third-order valence-corrected chi connectivity index (χ3v) is 4.19. The predicted octanol–water partition coefficient (Wildman–Crippen LogP) is 6.68. The van der Waals surface area contributed by atoms with E-state index in [2.05, 4.69) is 11.7 Å². The highest BCUT2D eigenvalue weighted by atomic mass is 19.4. The van der Waals surface area contributed by atoms with E-state index in [0.29, 0.717) is 0 Å². The monoisotopic (exact) mass is 380 g/mol. The highest BCUT2D eigenvalue weighted by Crippen LogP contribution is 2.33. The van der Waals surface area contributed by atoms with Gasteiger partial charge in [0.2, 0.25) is 0 Å². The Bertz CT molecular complexity index is 945. The number of alkyl halides is 3. The van der Waals surface area contributed by atoms with Crippen LogP contribution in [0.4, 0.5) is 22.0 Å². The van der Waals surface area contributed by atoms with Gasteiger partial charge in [0.1, 0.15) is 0 Å². The van der Waals surface area contributed by atoms with E-state index in [1.807, 2.05) is 24.3 Å². The zero-order valence-electron chi connectivity index (χ0n) is 14.5. The van der Waals surface area contributed by atoms with E-state index in [-0.39, 0.29) is 10.8 Å². The topological polar surface area (TPSA) is 9.23 Å². The number of hydrogen-bond donors (Lipinski definition) is 0. The van der Waals surface area contributed by atoms with Crippen molar-refractivity contribution in [1.29, 1.82) is 0 Å². The second kappa shape index (κ2) is 7.55. The van der Waals surface area contributed by atoms with E-state index in [1.165, 1.54) is 11.6 Å². The first-order valence-corrected chi connectivity index (χ1v) is 8.49. The summed E-state index contributed by atoms with van der Waals surface area (Å²) >= 11 is 0. The molecule has 0 spiro atoms. The zero-order chi connectivity index (χ0) is 19.6. The molecule has 0 saturated carbocycles. The molecule has 0 amide bonds. The average molecular weight is 380 g/mol. The number of rotatable bonds is 5. The Labute approximate surface area is 153 Å². The molecular formula is C21H17F5O. The standard InChI is InChI=1S/C21H17F5O/c1-2-3-13-4-6-14(7-5-13)15-8-9-17-16(10-15)11-18(22)20(19(17)23)27-12-21(24,25)26/h4-11H,2-3,12H2,1H3. The normalized spacial score (nSPS) is 11.8. The molecule has 1 nitrogen and oxygen atoms in total. The second-order valence-electron chi connectivity index (χ2n) is 6.29. The number of ether oxygens (including phenoxy) is 1. The van der Waals surface area contributed by atoms with Crippen molar-refractivity contribution in [2.45, 2.75) is 25.9 Å². The molecule has 0 bridgehead atoms. The molecule has 27 heavy (non-hydrogen) atoms. The Hall–Kier alpha value is -2.63. The maximum Gasteiger partial charge on any atom is 0.422 e. The van der Waals surface area contributed by atoms with E-state index < -0.39 is 30.2 Å². The van der Waals surface area contributed by atoms with Gasteiger partial charge in [-0.25, -0.2) is 8.78 Å². The second-order valence-corrected chi connectivity index (χ2v) is 6.29. The van der Waals surface area contributed by atoms with Crippen LogP contribution in [-0.2, 0) is 6.42 Å². The van der Waals surface area contributed by atoms with Crippen molar-refractivity contribution in [3.05, 3.63) is 65.7 Å². The van der Waals surface area contributed by atoms with Crippen molar-refractivity contribution in [3.63, 3.8) is 0 Å². The summed E-state index contributed by atoms with van der Waals surface area (Å²) in [5, 5.41) is 0.249. The van der Waals surface area contributed by atoms with E-state index in [0.717, 1.165) is 30.0 Å². The van der Waals surface area contributed by atoms with Gasteiger partial charge in [0.05, 0.1) is 0 Å². The maximum atomic E-state index is 14.4. The summed E-state index contributed by atoms with van der Waals surface area (Å²) < 4.78 is 69.7. The number of halogens is 5. The summed E-state index contributed by atoms with van der Waals surface area (Å²) in [6, 6.07) is 13.5. The Kier molecular flexibility index (Phi) is 5.35. The van der Waals surface area contributed by atoms with Crippen LogP contribution in [-0.4, -0.2) is 12.8 Å². The third-order valence-electron chi connectivity index (χ3n) is 4.19. The lowest BCUT2D eigenvalue weighted by Crippen LogP contribution is -2.20. The van der Waals surface area contributed by atoms with Crippen LogP contribution in [0.2, 0.25) is 0 Å². The molecule has 0 atom stereocenters. The van der Waals surface area contributed by atoms with Crippen LogP contribution < -0.4 is 4.74 Å². The highest BCUT2D eigenvalue weighted by molar-refractivity contribution is 5.89. The first kappa shape index (κ1) is 19.1. The first-order valence-electron chi connectivity index (χ1n) is 8.49. The summed E-state index contributed by atoms with van der Waals surface area (Å²) in [7, 11) is 0. The quantitative estimate of drug-likeness (QED) is 0.449. The van der Waals surface area contributed by atoms with E-state index in [9.17, 15) is 22.0 Å². The molecule has 0 heterocycles. The minimum Gasteiger partial charge on any atom is -0.478 e. The lowest BCUT2D eigenvalue weighted by molar-refractivity contribution is -0.154. The molecule has 0 aromatic heterocycles. The minimum absolute atomic E-state index is 0.0000670. The van der Waals surface area contributed by atoms with Gasteiger partial charge in [-0.1, -0.05) is 49.7 Å². The lowest BCUT2D eigenvalue weighted by Gasteiger charge is -2.13. The van der Waals surface area contributed by atoms with Gasteiger partial charge in [-0.15, -0.1) is 0 Å². The fourth-order valence-electron chi connectivity index (χ4n) is 2.93. The Morgan fingerprint density at radius 1 is 0.889 bits per heavy atom. The van der Waals surface area contributed by atoms with Gasteiger partial charge in [-0.3, -0.25) is 0 Å². The summed E-state index contributed by atoms with van der Waals surface area (Å²) in [4.78, 5) is 0. The molecule has 0 saturated heterocycles. The van der Waals surface area contributed by atoms with E-state index in [4.69, 9.17) is 0 Å². The van der Waals surface area contributed by atoms with Crippen LogP contribution in [0.3, 0.4) is 0 Å². The van der Waals surface area contributed by atoms with Crippen molar-refractivity contribution in [2.75, 3.05) is 6.61 Å². The molecule has 0 fully saturated rings. The van der Waals surface area contributed by atoms with Gasteiger partial charge in [0.25, 0.3) is 0 Å². The largest absolute Gasteiger partial charge is 0.478 e. The molecule has 3 rings (SSSR count). The summed E-state index contributed by atoms with van der Waals surface area (Å²) in [5.41, 5.74) is 2.84. The number of benzene rings is 3. The van der Waals surface area contributed by atoms with Crippen LogP contribution in [0.1, 0.15) is 18.9 Å². The number of aryl methyl sites for hydroxylation is 1. The highest BCUT2D eigenvalue weighted by Gasteiger charge is 2.30. The van der Waals surface area contributed by atoms with Gasteiger partial charge in [0, 0.05) is 5.39 Å². The van der Waals surface area contributed by atoms with Crippen LogP contribution in [0.5, 0.6) is 5.75 Å². The fraction of sp³-hybridized carbons (Fsp3) is 0.238. The van der Waals surface area contributed by atoms with Gasteiger partial charge >= 0.3 is 6.18 Å². The fourth-order valence-corrected chi connectivity index (χ4v) is 2.93. The average Bonchev–Trinajstić information content (AvgIpc) is 2.61. The number of hydrogen-bond acceptors (Lipinski definition) is 1. The Morgan fingerprint density at radius 2 is 1.56 bits per heavy atom. The summed E-state index contributed by atoms with van der Waals surface area (Å²) in [6.45, 7) is 0.335. The van der Waals surface area contributed by atoms with Crippen molar-refractivity contribution in [1.82, 2.24) is 0 Å². The molecule has 0 aliphatic carbocycles. The zero-order valence-corrected chi connectivity index (χ0v) is 14.5. The molecule has 3 aromatic carbocycles. The summed E-state index contributed by atoms with van der Waals surface area (Å²) in [6.07, 6.45) is -2.68. The summed E-state index contributed by atoms with van der Waals surface area (Å²) in [5.74, 6) is -3.32. The molecular weight excluding hydrogens is 363 g/mol. The molecule has 6 heteroatoms. The SMILES string of the molecule is CCCc1ccc(-c2ccc3c(F)c(OCC(F)(F)F)c(F)cc3c2)cc1. The van der Waals surface area contributed by atoms with Crippen LogP contribution in [0, 0.1) is 11.6 Å². The molecule has 0 aliphatic rings. The van der Waals surface area contributed by atoms with Crippen LogP contribution in [0.15, 0.2) is 48.5 Å². The minimum atomic E-state index is -4.68. The smallest absolute Gasteiger partial charge is 0.422 e. The van der Waals surface area contributed by atoms with Gasteiger partial charge in [-0.2, -0.15) is 13.2 Å². The van der Waals surface area contributed by atoms with E-state index in [1.54, 1.807) is 12.1 Å². The van der Waals surface area contributed by atoms with Crippen molar-refractivity contribution < 1.29 is 26.7 Å². The molecule has 3 aromatic rings. The molecule has 142 valence electrons. The molecule has 0 unspecified atom stereocenters. The maximum absolute atomic E-state index is 14.4. The third kappa shape index (κ3) is 4.38. The van der Waals surface area contributed by atoms with Crippen molar-refractivity contribution in [2.24, 2.45) is 0 Å². The lowest BCUT2D eigenvalue weighted by atomic mass is 9.99. The van der Waals surface area contributed by atoms with Crippen LogP contribution in [0.25, 0.3) is 21.9 Å². The van der Waals surface area contributed by atoms with Gasteiger partial charge < -0.3 is 4.74 Å². The Morgan fingerprint density at radius 3 is 2.19 bits per heavy atom.